The summed E-state index contributed by atoms with van der Waals surface area (Å²) in [6, 6.07) is 10.2. The number of hydrogen-bond acceptors (Lipinski definition) is 3. The second-order valence-electron chi connectivity index (χ2n) is 6.44. The first kappa shape index (κ1) is 14.5. The molecule has 23 heavy (non-hydrogen) atoms. The zero-order valence-corrected chi connectivity index (χ0v) is 13.1. The first-order valence-corrected chi connectivity index (χ1v) is 8.33. The molecule has 4 heteroatoms. The van der Waals surface area contributed by atoms with E-state index in [1.165, 1.54) is 5.56 Å². The maximum atomic E-state index is 12.9. The number of nitrogens with one attached hydrogen (secondary N) is 1. The molecule has 120 valence electrons. The number of amides is 1. The summed E-state index contributed by atoms with van der Waals surface area (Å²) in [6.07, 6.45) is 6.38. The van der Waals surface area contributed by atoms with Crippen molar-refractivity contribution in [1.82, 2.24) is 5.32 Å². The van der Waals surface area contributed by atoms with Crippen molar-refractivity contribution in [2.75, 3.05) is 13.2 Å². The van der Waals surface area contributed by atoms with Crippen LogP contribution in [0, 0.1) is 0 Å². The van der Waals surface area contributed by atoms with E-state index in [1.807, 2.05) is 18.2 Å². The van der Waals surface area contributed by atoms with Gasteiger partial charge in [-0.2, -0.15) is 0 Å². The monoisotopic (exact) mass is 311 g/mol. The Morgan fingerprint density at radius 2 is 1.87 bits per heavy atom. The molecule has 0 spiro atoms. The molecule has 1 aromatic carbocycles. The van der Waals surface area contributed by atoms with Crippen LogP contribution in [0.2, 0.25) is 0 Å². The molecule has 1 saturated heterocycles. The van der Waals surface area contributed by atoms with Crippen LogP contribution in [-0.4, -0.2) is 19.1 Å². The Morgan fingerprint density at radius 1 is 1.09 bits per heavy atom. The second-order valence-corrected chi connectivity index (χ2v) is 6.44. The fourth-order valence-corrected chi connectivity index (χ4v) is 3.79. The molecule has 0 radical (unpaired) electrons. The first-order valence-electron chi connectivity index (χ1n) is 8.33. The Balaban J connectivity index is 1.64. The molecule has 2 aliphatic rings. The van der Waals surface area contributed by atoms with E-state index in [9.17, 15) is 4.79 Å². The molecule has 1 N–H and O–H groups in total. The van der Waals surface area contributed by atoms with Gasteiger partial charge in [-0.15, -0.1) is 0 Å². The Bertz CT molecular complexity index is 699. The van der Waals surface area contributed by atoms with Crippen LogP contribution in [0.3, 0.4) is 0 Å². The molecule has 1 fully saturated rings. The third-order valence-corrected chi connectivity index (χ3v) is 5.09. The minimum Gasteiger partial charge on any atom is -0.459 e. The minimum atomic E-state index is -0.366. The largest absolute Gasteiger partial charge is 0.459 e. The number of benzene rings is 1. The number of rotatable bonds is 3. The Hall–Kier alpha value is -2.07. The number of furan rings is 1. The predicted octanol–water partition coefficient (Wildman–Crippen LogP) is 3.20. The van der Waals surface area contributed by atoms with Gasteiger partial charge in [-0.05, 0) is 43.2 Å². The SMILES string of the molecule is O=C(NC1(c2ccccc2)CCOCC1)c1occ2c1CCC2. The van der Waals surface area contributed by atoms with Crippen molar-refractivity contribution >= 4 is 5.91 Å². The van der Waals surface area contributed by atoms with E-state index in [1.54, 1.807) is 6.26 Å². The molecule has 1 aromatic heterocycles. The standard InChI is InChI=1S/C19H21NO3/c21-18(17-16-8-4-5-14(16)13-23-17)20-19(9-11-22-12-10-19)15-6-2-1-3-7-15/h1-3,6-7,13H,4-5,8-12H2,(H,20,21). The van der Waals surface area contributed by atoms with Crippen LogP contribution in [0.4, 0.5) is 0 Å². The number of fused-ring (bicyclic) bond motifs is 1. The van der Waals surface area contributed by atoms with E-state index in [-0.39, 0.29) is 11.4 Å². The smallest absolute Gasteiger partial charge is 0.287 e. The molecule has 1 aliphatic heterocycles. The van der Waals surface area contributed by atoms with Gasteiger partial charge in [0.2, 0.25) is 0 Å². The van der Waals surface area contributed by atoms with Gasteiger partial charge in [0, 0.05) is 18.8 Å². The van der Waals surface area contributed by atoms with Crippen molar-refractivity contribution in [1.29, 1.82) is 0 Å². The van der Waals surface area contributed by atoms with Gasteiger partial charge >= 0.3 is 0 Å². The fourth-order valence-electron chi connectivity index (χ4n) is 3.79. The van der Waals surface area contributed by atoms with Gasteiger partial charge in [-0.3, -0.25) is 4.79 Å². The van der Waals surface area contributed by atoms with Crippen LogP contribution in [0.1, 0.15) is 46.5 Å². The predicted molar refractivity (Wildman–Crippen MR) is 86.4 cm³/mol. The van der Waals surface area contributed by atoms with E-state index in [0.29, 0.717) is 19.0 Å². The van der Waals surface area contributed by atoms with Gasteiger partial charge in [-0.25, -0.2) is 0 Å². The highest BCUT2D eigenvalue weighted by molar-refractivity contribution is 5.94. The van der Waals surface area contributed by atoms with Crippen LogP contribution >= 0.6 is 0 Å². The van der Waals surface area contributed by atoms with Crippen LogP contribution in [0.5, 0.6) is 0 Å². The zero-order valence-electron chi connectivity index (χ0n) is 13.1. The Kier molecular flexibility index (Phi) is 3.69. The molecule has 2 heterocycles. The Morgan fingerprint density at radius 3 is 2.65 bits per heavy atom. The lowest BCUT2D eigenvalue weighted by Gasteiger charge is -2.38. The van der Waals surface area contributed by atoms with Crippen molar-refractivity contribution in [2.45, 2.75) is 37.6 Å². The van der Waals surface area contributed by atoms with Crippen molar-refractivity contribution in [3.63, 3.8) is 0 Å². The summed E-state index contributed by atoms with van der Waals surface area (Å²) in [5.41, 5.74) is 3.06. The quantitative estimate of drug-likeness (QED) is 0.947. The zero-order chi connectivity index (χ0) is 15.7. The molecule has 0 atom stereocenters. The van der Waals surface area contributed by atoms with Gasteiger partial charge in [0.1, 0.15) is 0 Å². The fraction of sp³-hybridized carbons (Fsp3) is 0.421. The summed E-state index contributed by atoms with van der Waals surface area (Å²) >= 11 is 0. The summed E-state index contributed by atoms with van der Waals surface area (Å²) in [7, 11) is 0. The van der Waals surface area contributed by atoms with Crippen molar-refractivity contribution in [3.8, 4) is 0 Å². The highest BCUT2D eigenvalue weighted by Crippen LogP contribution is 2.34. The molecular formula is C19H21NO3. The van der Waals surface area contributed by atoms with Gasteiger partial charge in [0.05, 0.1) is 11.8 Å². The molecular weight excluding hydrogens is 290 g/mol. The average Bonchev–Trinajstić information content (AvgIpc) is 3.19. The van der Waals surface area contributed by atoms with Crippen LogP contribution in [0.15, 0.2) is 41.0 Å². The van der Waals surface area contributed by atoms with Crippen LogP contribution < -0.4 is 5.32 Å². The molecule has 4 nitrogen and oxygen atoms in total. The molecule has 0 unspecified atom stereocenters. The van der Waals surface area contributed by atoms with Crippen LogP contribution in [-0.2, 0) is 23.1 Å². The van der Waals surface area contributed by atoms with Crippen molar-refractivity contribution in [2.24, 2.45) is 0 Å². The summed E-state index contributed by atoms with van der Waals surface area (Å²) in [5, 5.41) is 3.27. The van der Waals surface area contributed by atoms with Gasteiger partial charge in [0.15, 0.2) is 5.76 Å². The molecule has 2 aromatic rings. The summed E-state index contributed by atoms with van der Waals surface area (Å²) < 4.78 is 11.1. The molecule has 0 saturated carbocycles. The molecule has 4 rings (SSSR count). The number of hydrogen-bond donors (Lipinski definition) is 1. The second kappa shape index (κ2) is 5.85. The lowest BCUT2D eigenvalue weighted by atomic mass is 9.82. The molecule has 1 amide bonds. The van der Waals surface area contributed by atoms with E-state index in [4.69, 9.17) is 9.15 Å². The average molecular weight is 311 g/mol. The van der Waals surface area contributed by atoms with Gasteiger partial charge in [-0.1, -0.05) is 30.3 Å². The van der Waals surface area contributed by atoms with Crippen molar-refractivity contribution < 1.29 is 13.9 Å². The van der Waals surface area contributed by atoms with Gasteiger partial charge in [0.25, 0.3) is 5.91 Å². The van der Waals surface area contributed by atoms with E-state index < -0.39 is 0 Å². The summed E-state index contributed by atoms with van der Waals surface area (Å²) in [5.74, 6) is 0.401. The lowest BCUT2D eigenvalue weighted by Crippen LogP contribution is -2.49. The lowest BCUT2D eigenvalue weighted by molar-refractivity contribution is 0.0337. The van der Waals surface area contributed by atoms with E-state index in [2.05, 4.69) is 17.4 Å². The van der Waals surface area contributed by atoms with E-state index in [0.717, 1.165) is 43.2 Å². The normalized spacial score (nSPS) is 19.3. The maximum absolute atomic E-state index is 12.9. The topological polar surface area (TPSA) is 51.5 Å². The highest BCUT2D eigenvalue weighted by atomic mass is 16.5. The third kappa shape index (κ3) is 2.57. The number of carbonyl (C=O) groups is 1. The molecule has 1 aliphatic carbocycles. The summed E-state index contributed by atoms with van der Waals surface area (Å²) in [6.45, 7) is 1.32. The summed E-state index contributed by atoms with van der Waals surface area (Å²) in [4.78, 5) is 12.9. The van der Waals surface area contributed by atoms with E-state index >= 15 is 0 Å². The first-order chi connectivity index (χ1) is 11.3. The molecule has 0 bridgehead atoms. The maximum Gasteiger partial charge on any atom is 0.287 e. The van der Waals surface area contributed by atoms with Gasteiger partial charge < -0.3 is 14.5 Å². The Labute approximate surface area is 135 Å². The number of aryl methyl sites for hydroxylation is 1. The minimum absolute atomic E-state index is 0.0982. The van der Waals surface area contributed by atoms with Crippen LogP contribution in [0.25, 0.3) is 0 Å². The number of ether oxygens (including phenoxy) is 1. The number of carbonyl (C=O) groups excluding carboxylic acids is 1. The van der Waals surface area contributed by atoms with Crippen molar-refractivity contribution in [3.05, 3.63) is 59.0 Å². The highest BCUT2D eigenvalue weighted by Gasteiger charge is 2.37. The third-order valence-electron chi connectivity index (χ3n) is 5.09.